The Morgan fingerprint density at radius 3 is 2.59 bits per heavy atom. The highest BCUT2D eigenvalue weighted by Gasteiger charge is 2.19. The van der Waals surface area contributed by atoms with Crippen molar-refractivity contribution in [1.29, 1.82) is 0 Å². The highest BCUT2D eigenvalue weighted by Crippen LogP contribution is 2.22. The highest BCUT2D eigenvalue weighted by molar-refractivity contribution is 14.0. The van der Waals surface area contributed by atoms with Crippen molar-refractivity contribution in [2.45, 2.75) is 46.2 Å². The first-order chi connectivity index (χ1) is 12.5. The van der Waals surface area contributed by atoms with Crippen molar-refractivity contribution < 1.29 is 8.83 Å². The van der Waals surface area contributed by atoms with Gasteiger partial charge in [0.15, 0.2) is 5.96 Å². The smallest absolute Gasteiger partial charge is 0.213 e. The maximum Gasteiger partial charge on any atom is 0.213 e. The SMILES string of the molecule is CCNC(=NCc1cc2ccccc2o1)NCc1ncc(C(C)(C)C)o1.I. The molecule has 0 radical (unpaired) electrons. The summed E-state index contributed by atoms with van der Waals surface area (Å²) in [6, 6.07) is 9.98. The lowest BCUT2D eigenvalue weighted by atomic mass is 9.94. The monoisotopic (exact) mass is 482 g/mol. The number of hydrogen-bond acceptors (Lipinski definition) is 4. The molecule has 0 saturated heterocycles. The third-order valence-corrected chi connectivity index (χ3v) is 3.91. The lowest BCUT2D eigenvalue weighted by Crippen LogP contribution is -2.36. The van der Waals surface area contributed by atoms with E-state index in [1.54, 1.807) is 6.20 Å². The van der Waals surface area contributed by atoms with Crippen molar-refractivity contribution in [2.75, 3.05) is 6.54 Å². The molecule has 7 heteroatoms. The van der Waals surface area contributed by atoms with Gasteiger partial charge in [-0.3, -0.25) is 0 Å². The second-order valence-corrected chi connectivity index (χ2v) is 7.17. The van der Waals surface area contributed by atoms with Crippen LogP contribution in [0.4, 0.5) is 0 Å². The van der Waals surface area contributed by atoms with E-state index in [1.165, 1.54) is 0 Å². The van der Waals surface area contributed by atoms with Crippen LogP contribution in [0.3, 0.4) is 0 Å². The number of oxazole rings is 1. The number of nitrogens with zero attached hydrogens (tertiary/aromatic N) is 2. The van der Waals surface area contributed by atoms with Crippen LogP contribution in [0.1, 0.15) is 45.1 Å². The van der Waals surface area contributed by atoms with E-state index in [-0.39, 0.29) is 29.4 Å². The molecule has 2 heterocycles. The predicted molar refractivity (Wildman–Crippen MR) is 118 cm³/mol. The van der Waals surface area contributed by atoms with Crippen LogP contribution in [0.25, 0.3) is 11.0 Å². The van der Waals surface area contributed by atoms with E-state index in [4.69, 9.17) is 8.83 Å². The largest absolute Gasteiger partial charge is 0.459 e. The fourth-order valence-corrected chi connectivity index (χ4v) is 2.51. The van der Waals surface area contributed by atoms with Crippen LogP contribution in [0.2, 0.25) is 0 Å². The second kappa shape index (κ2) is 9.25. The fourth-order valence-electron chi connectivity index (χ4n) is 2.51. The van der Waals surface area contributed by atoms with E-state index in [2.05, 4.69) is 41.4 Å². The number of fused-ring (bicyclic) bond motifs is 1. The summed E-state index contributed by atoms with van der Waals surface area (Å²) in [5.74, 6) is 3.04. The summed E-state index contributed by atoms with van der Waals surface area (Å²) in [4.78, 5) is 8.91. The molecule has 0 atom stereocenters. The predicted octanol–water partition coefficient (Wildman–Crippen LogP) is 4.59. The summed E-state index contributed by atoms with van der Waals surface area (Å²) in [5.41, 5.74) is 0.829. The van der Waals surface area contributed by atoms with Crippen LogP contribution in [-0.2, 0) is 18.5 Å². The van der Waals surface area contributed by atoms with E-state index in [1.807, 2.05) is 37.3 Å². The topological polar surface area (TPSA) is 75.6 Å². The third-order valence-electron chi connectivity index (χ3n) is 3.91. The maximum absolute atomic E-state index is 5.81. The van der Waals surface area contributed by atoms with Gasteiger partial charge in [-0.2, -0.15) is 0 Å². The number of hydrogen-bond donors (Lipinski definition) is 2. The third kappa shape index (κ3) is 5.72. The molecule has 0 unspecified atom stereocenters. The van der Waals surface area contributed by atoms with Gasteiger partial charge in [-0.25, -0.2) is 9.98 Å². The molecule has 3 rings (SSSR count). The Kier molecular flexibility index (Phi) is 7.29. The van der Waals surface area contributed by atoms with Crippen LogP contribution >= 0.6 is 24.0 Å². The Morgan fingerprint density at radius 2 is 1.93 bits per heavy atom. The van der Waals surface area contributed by atoms with E-state index < -0.39 is 0 Å². The molecule has 0 spiro atoms. The number of benzene rings is 1. The van der Waals surface area contributed by atoms with Crippen LogP contribution in [0, 0.1) is 0 Å². The summed E-state index contributed by atoms with van der Waals surface area (Å²) in [7, 11) is 0. The molecule has 0 aliphatic rings. The zero-order valence-electron chi connectivity index (χ0n) is 16.2. The molecule has 3 aromatic rings. The minimum atomic E-state index is -0.0505. The average molecular weight is 482 g/mol. The van der Waals surface area contributed by atoms with Crippen molar-refractivity contribution in [2.24, 2.45) is 4.99 Å². The van der Waals surface area contributed by atoms with Gasteiger partial charge in [-0.15, -0.1) is 24.0 Å². The minimum absolute atomic E-state index is 0. The molecule has 6 nitrogen and oxygen atoms in total. The van der Waals surface area contributed by atoms with E-state index in [0.29, 0.717) is 24.9 Å². The summed E-state index contributed by atoms with van der Waals surface area (Å²) in [6.45, 7) is 10.0. The maximum atomic E-state index is 5.81. The molecule has 146 valence electrons. The molecule has 0 bridgehead atoms. The Hall–Kier alpha value is -2.03. The van der Waals surface area contributed by atoms with E-state index >= 15 is 0 Å². The Bertz CT molecular complexity index is 860. The number of aliphatic imine (C=N–C) groups is 1. The van der Waals surface area contributed by atoms with Gasteiger partial charge >= 0.3 is 0 Å². The van der Waals surface area contributed by atoms with Gasteiger partial charge in [0, 0.05) is 17.3 Å². The standard InChI is InChI=1S/C20H26N4O2.HI/c1-5-21-19(24-13-18-22-12-17(26-18)20(2,3)4)23-11-15-10-14-8-6-7-9-16(14)25-15;/h6-10,12H,5,11,13H2,1-4H3,(H2,21,23,24);1H. The number of nitrogens with one attached hydrogen (secondary N) is 2. The number of aromatic nitrogens is 1. The molecule has 1 aromatic carbocycles. The number of halogens is 1. The first-order valence-corrected chi connectivity index (χ1v) is 8.90. The van der Waals surface area contributed by atoms with Crippen LogP contribution < -0.4 is 10.6 Å². The van der Waals surface area contributed by atoms with Crippen molar-refractivity contribution in [1.82, 2.24) is 15.6 Å². The van der Waals surface area contributed by atoms with Crippen molar-refractivity contribution in [3.8, 4) is 0 Å². The molecular weight excluding hydrogens is 455 g/mol. The Labute approximate surface area is 176 Å². The average Bonchev–Trinajstić information content (AvgIpc) is 3.23. The van der Waals surface area contributed by atoms with Gasteiger partial charge in [0.25, 0.3) is 0 Å². The van der Waals surface area contributed by atoms with Crippen molar-refractivity contribution in [3.63, 3.8) is 0 Å². The van der Waals surface area contributed by atoms with Crippen molar-refractivity contribution in [3.05, 3.63) is 53.9 Å². The van der Waals surface area contributed by atoms with Crippen LogP contribution in [0.5, 0.6) is 0 Å². The number of guanidine groups is 1. The van der Waals surface area contributed by atoms with Gasteiger partial charge in [-0.1, -0.05) is 39.0 Å². The van der Waals surface area contributed by atoms with E-state index in [0.717, 1.165) is 29.0 Å². The normalized spacial score (nSPS) is 12.1. The molecule has 27 heavy (non-hydrogen) atoms. The first kappa shape index (κ1) is 21.3. The summed E-state index contributed by atoms with van der Waals surface area (Å²) >= 11 is 0. The number of rotatable bonds is 5. The lowest BCUT2D eigenvalue weighted by Gasteiger charge is -2.13. The number of para-hydroxylation sites is 1. The minimum Gasteiger partial charge on any atom is -0.459 e. The molecular formula is C20H27IN4O2. The Morgan fingerprint density at radius 1 is 1.15 bits per heavy atom. The van der Waals surface area contributed by atoms with Gasteiger partial charge in [-0.05, 0) is 19.1 Å². The van der Waals surface area contributed by atoms with Crippen LogP contribution in [0.15, 0.2) is 50.4 Å². The van der Waals surface area contributed by atoms with Crippen molar-refractivity contribution >= 4 is 40.9 Å². The summed E-state index contributed by atoms with van der Waals surface area (Å²) in [6.07, 6.45) is 1.79. The van der Waals surface area contributed by atoms with Gasteiger partial charge in [0.1, 0.15) is 23.6 Å². The second-order valence-electron chi connectivity index (χ2n) is 7.17. The first-order valence-electron chi connectivity index (χ1n) is 8.90. The quantitative estimate of drug-likeness (QED) is 0.316. The summed E-state index contributed by atoms with van der Waals surface area (Å²) in [5, 5.41) is 7.56. The van der Waals surface area contributed by atoms with Gasteiger partial charge in [0.2, 0.25) is 5.89 Å². The lowest BCUT2D eigenvalue weighted by molar-refractivity contribution is 0.379. The molecule has 0 aliphatic heterocycles. The molecule has 2 N–H and O–H groups in total. The Balaban J connectivity index is 0.00000261. The fraction of sp³-hybridized carbons (Fsp3) is 0.400. The zero-order chi connectivity index (χ0) is 18.6. The summed E-state index contributed by atoms with van der Waals surface area (Å²) < 4.78 is 11.6. The van der Waals surface area contributed by atoms with Gasteiger partial charge < -0.3 is 19.5 Å². The van der Waals surface area contributed by atoms with E-state index in [9.17, 15) is 0 Å². The molecule has 0 amide bonds. The molecule has 2 aromatic heterocycles. The molecule has 0 aliphatic carbocycles. The zero-order valence-corrected chi connectivity index (χ0v) is 18.5. The van der Waals surface area contributed by atoms with Gasteiger partial charge in [0.05, 0.1) is 12.7 Å². The molecule has 0 fully saturated rings. The number of furan rings is 1. The highest BCUT2D eigenvalue weighted by atomic mass is 127. The molecule has 0 saturated carbocycles. The van der Waals surface area contributed by atoms with Crippen LogP contribution in [-0.4, -0.2) is 17.5 Å².